The van der Waals surface area contributed by atoms with E-state index >= 15 is 0 Å². The van der Waals surface area contributed by atoms with Gasteiger partial charge in [0.25, 0.3) is 5.91 Å². The van der Waals surface area contributed by atoms with E-state index < -0.39 is 0 Å². The highest BCUT2D eigenvalue weighted by Gasteiger charge is 2.16. The maximum atomic E-state index is 12.8. The minimum Gasteiger partial charge on any atom is -0.345 e. The first-order valence-corrected chi connectivity index (χ1v) is 9.83. The van der Waals surface area contributed by atoms with E-state index in [1.165, 1.54) is 5.56 Å². The van der Waals surface area contributed by atoms with Gasteiger partial charge in [-0.2, -0.15) is 0 Å². The predicted octanol–water partition coefficient (Wildman–Crippen LogP) is 5.06. The van der Waals surface area contributed by atoms with Crippen molar-refractivity contribution in [1.82, 2.24) is 5.32 Å². The largest absolute Gasteiger partial charge is 0.345 e. The van der Waals surface area contributed by atoms with Gasteiger partial charge in [0, 0.05) is 6.42 Å². The molecule has 3 aromatic rings. The topological polar surface area (TPSA) is 58.2 Å². The van der Waals surface area contributed by atoms with Crippen LogP contribution in [0.25, 0.3) is 0 Å². The highest BCUT2D eigenvalue weighted by Crippen LogP contribution is 2.18. The van der Waals surface area contributed by atoms with Gasteiger partial charge in [0.2, 0.25) is 5.91 Å². The van der Waals surface area contributed by atoms with E-state index in [1.807, 2.05) is 74.5 Å². The number of aryl methyl sites for hydroxylation is 2. The number of amides is 2. The van der Waals surface area contributed by atoms with E-state index in [9.17, 15) is 9.59 Å². The van der Waals surface area contributed by atoms with Crippen LogP contribution in [-0.2, 0) is 11.2 Å². The van der Waals surface area contributed by atoms with Crippen molar-refractivity contribution in [3.63, 3.8) is 0 Å². The highest BCUT2D eigenvalue weighted by molar-refractivity contribution is 6.03. The third kappa shape index (κ3) is 5.79. The van der Waals surface area contributed by atoms with Gasteiger partial charge < -0.3 is 10.6 Å². The summed E-state index contributed by atoms with van der Waals surface area (Å²) in [7, 11) is 0. The lowest BCUT2D eigenvalue weighted by atomic mass is 10.1. The number of carbonyl (C=O) groups excluding carboxylic acids is 2. The summed E-state index contributed by atoms with van der Waals surface area (Å²) in [6, 6.07) is 24.9. The first kappa shape index (κ1) is 20.3. The fourth-order valence-corrected chi connectivity index (χ4v) is 3.11. The molecular formula is C25H26N2O2. The summed E-state index contributed by atoms with van der Waals surface area (Å²) in [5, 5.41) is 5.89. The zero-order valence-electron chi connectivity index (χ0n) is 16.8. The van der Waals surface area contributed by atoms with Crippen LogP contribution in [0.1, 0.15) is 46.4 Å². The lowest BCUT2D eigenvalue weighted by Crippen LogP contribution is -2.28. The molecule has 3 aromatic carbocycles. The second kappa shape index (κ2) is 9.69. The Hall–Kier alpha value is -3.40. The molecule has 0 aliphatic carbocycles. The summed E-state index contributed by atoms with van der Waals surface area (Å²) in [6.45, 7) is 3.98. The Morgan fingerprint density at radius 3 is 2.24 bits per heavy atom. The van der Waals surface area contributed by atoms with Gasteiger partial charge in [0.15, 0.2) is 0 Å². The molecule has 0 saturated carbocycles. The molecule has 4 heteroatoms. The van der Waals surface area contributed by atoms with Gasteiger partial charge in [-0.05, 0) is 43.5 Å². The predicted molar refractivity (Wildman–Crippen MR) is 117 cm³/mol. The SMILES string of the molecule is Cc1ccc(CCC(=O)Nc2ccccc2C(=O)N[C@@H](C)c2ccccc2)cc1. The van der Waals surface area contributed by atoms with E-state index in [-0.39, 0.29) is 17.9 Å². The van der Waals surface area contributed by atoms with E-state index in [2.05, 4.69) is 10.6 Å². The zero-order valence-corrected chi connectivity index (χ0v) is 16.8. The van der Waals surface area contributed by atoms with Crippen molar-refractivity contribution in [2.24, 2.45) is 0 Å². The van der Waals surface area contributed by atoms with Crippen LogP contribution >= 0.6 is 0 Å². The van der Waals surface area contributed by atoms with Crippen molar-refractivity contribution in [2.45, 2.75) is 32.7 Å². The van der Waals surface area contributed by atoms with Crippen LogP contribution in [0.15, 0.2) is 78.9 Å². The summed E-state index contributed by atoms with van der Waals surface area (Å²) in [5.41, 5.74) is 4.33. The molecule has 0 heterocycles. The Bertz CT molecular complexity index is 966. The van der Waals surface area contributed by atoms with E-state index in [0.29, 0.717) is 24.1 Å². The molecule has 29 heavy (non-hydrogen) atoms. The smallest absolute Gasteiger partial charge is 0.253 e. The normalized spacial score (nSPS) is 11.5. The molecule has 4 nitrogen and oxygen atoms in total. The first-order valence-electron chi connectivity index (χ1n) is 9.83. The van der Waals surface area contributed by atoms with Crippen molar-refractivity contribution >= 4 is 17.5 Å². The number of carbonyl (C=O) groups is 2. The molecule has 0 aliphatic heterocycles. The Labute approximate surface area is 172 Å². The maximum absolute atomic E-state index is 12.8. The average molecular weight is 386 g/mol. The van der Waals surface area contributed by atoms with Crippen LogP contribution in [-0.4, -0.2) is 11.8 Å². The molecule has 1 atom stereocenters. The molecule has 0 bridgehead atoms. The van der Waals surface area contributed by atoms with Crippen LogP contribution in [0, 0.1) is 6.92 Å². The molecule has 0 saturated heterocycles. The summed E-state index contributed by atoms with van der Waals surface area (Å²) < 4.78 is 0. The lowest BCUT2D eigenvalue weighted by Gasteiger charge is -2.16. The number of hydrogen-bond donors (Lipinski definition) is 2. The van der Waals surface area contributed by atoms with Crippen molar-refractivity contribution in [3.05, 3.63) is 101 Å². The first-order chi connectivity index (χ1) is 14.0. The van der Waals surface area contributed by atoms with Crippen molar-refractivity contribution in [3.8, 4) is 0 Å². The summed E-state index contributed by atoms with van der Waals surface area (Å²) in [4.78, 5) is 25.2. The van der Waals surface area contributed by atoms with E-state index in [4.69, 9.17) is 0 Å². The number of anilines is 1. The molecule has 2 N–H and O–H groups in total. The second-order valence-electron chi connectivity index (χ2n) is 7.19. The van der Waals surface area contributed by atoms with Crippen LogP contribution in [0.5, 0.6) is 0 Å². The molecular weight excluding hydrogens is 360 g/mol. The number of rotatable bonds is 7. The van der Waals surface area contributed by atoms with Gasteiger partial charge in [-0.1, -0.05) is 72.3 Å². The fraction of sp³-hybridized carbons (Fsp3) is 0.200. The van der Waals surface area contributed by atoms with Gasteiger partial charge >= 0.3 is 0 Å². The molecule has 0 radical (unpaired) electrons. The molecule has 3 rings (SSSR count). The number of nitrogens with one attached hydrogen (secondary N) is 2. The molecule has 148 valence electrons. The summed E-state index contributed by atoms with van der Waals surface area (Å²) in [6.07, 6.45) is 1.02. The molecule has 0 unspecified atom stereocenters. The molecule has 0 spiro atoms. The van der Waals surface area contributed by atoms with Gasteiger partial charge in [-0.3, -0.25) is 9.59 Å². The molecule has 0 aromatic heterocycles. The Morgan fingerprint density at radius 2 is 1.52 bits per heavy atom. The third-order valence-corrected chi connectivity index (χ3v) is 4.85. The maximum Gasteiger partial charge on any atom is 0.253 e. The van der Waals surface area contributed by atoms with Gasteiger partial charge in [0.05, 0.1) is 17.3 Å². The zero-order chi connectivity index (χ0) is 20.6. The quantitative estimate of drug-likeness (QED) is 0.596. The molecule has 0 aliphatic rings. The lowest BCUT2D eigenvalue weighted by molar-refractivity contribution is -0.116. The van der Waals surface area contributed by atoms with Gasteiger partial charge in [0.1, 0.15) is 0 Å². The van der Waals surface area contributed by atoms with Crippen LogP contribution in [0.4, 0.5) is 5.69 Å². The van der Waals surface area contributed by atoms with Crippen molar-refractivity contribution in [1.29, 1.82) is 0 Å². The minimum absolute atomic E-state index is 0.109. The number of benzene rings is 3. The fourth-order valence-electron chi connectivity index (χ4n) is 3.11. The standard InChI is InChI=1S/C25H26N2O2/c1-18-12-14-20(15-13-18)16-17-24(28)27-23-11-7-6-10-22(23)25(29)26-19(2)21-8-4-3-5-9-21/h3-15,19H,16-17H2,1-2H3,(H,26,29)(H,27,28)/t19-/m0/s1. The Balaban J connectivity index is 1.62. The van der Waals surface area contributed by atoms with Crippen LogP contribution in [0.3, 0.4) is 0 Å². The van der Waals surface area contributed by atoms with Crippen LogP contribution < -0.4 is 10.6 Å². The van der Waals surface area contributed by atoms with Gasteiger partial charge in [-0.25, -0.2) is 0 Å². The highest BCUT2D eigenvalue weighted by atomic mass is 16.2. The third-order valence-electron chi connectivity index (χ3n) is 4.85. The number of para-hydroxylation sites is 1. The van der Waals surface area contributed by atoms with Gasteiger partial charge in [-0.15, -0.1) is 0 Å². The minimum atomic E-state index is -0.212. The summed E-state index contributed by atoms with van der Waals surface area (Å²) >= 11 is 0. The van der Waals surface area contributed by atoms with E-state index in [0.717, 1.165) is 11.1 Å². The average Bonchev–Trinajstić information content (AvgIpc) is 2.74. The van der Waals surface area contributed by atoms with E-state index in [1.54, 1.807) is 18.2 Å². The van der Waals surface area contributed by atoms with Crippen molar-refractivity contribution in [2.75, 3.05) is 5.32 Å². The number of hydrogen-bond acceptors (Lipinski definition) is 2. The molecule has 0 fully saturated rings. The van der Waals surface area contributed by atoms with Crippen molar-refractivity contribution < 1.29 is 9.59 Å². The Morgan fingerprint density at radius 1 is 0.862 bits per heavy atom. The summed E-state index contributed by atoms with van der Waals surface area (Å²) in [5.74, 6) is -0.322. The van der Waals surface area contributed by atoms with Crippen LogP contribution in [0.2, 0.25) is 0 Å². The monoisotopic (exact) mass is 386 g/mol. The second-order valence-corrected chi connectivity index (χ2v) is 7.19. The Kier molecular flexibility index (Phi) is 6.80. The molecule has 2 amide bonds.